The third kappa shape index (κ3) is 3.96. The molecular weight excluding hydrogens is 657 g/mol. The number of para-hydroxylation sites is 1. The summed E-state index contributed by atoms with van der Waals surface area (Å²) in [7, 11) is 0. The quantitative estimate of drug-likeness (QED) is 0.186. The van der Waals surface area contributed by atoms with Crippen LogP contribution in [0.3, 0.4) is 0 Å². The lowest BCUT2D eigenvalue weighted by atomic mass is 9.70. The van der Waals surface area contributed by atoms with Gasteiger partial charge in [0.25, 0.3) is 0 Å². The number of hydrogen-bond acceptors (Lipinski definition) is 3. The molecule has 0 bridgehead atoms. The van der Waals surface area contributed by atoms with Crippen LogP contribution < -0.4 is 0 Å². The summed E-state index contributed by atoms with van der Waals surface area (Å²) in [5.41, 5.74) is 17.9. The van der Waals surface area contributed by atoms with E-state index >= 15 is 0 Å². The Labute approximate surface area is 311 Å². The van der Waals surface area contributed by atoms with Crippen molar-refractivity contribution >= 4 is 32.8 Å². The van der Waals surface area contributed by atoms with E-state index in [9.17, 15) is 0 Å². The van der Waals surface area contributed by atoms with Crippen molar-refractivity contribution in [1.82, 2.24) is 9.97 Å². The Morgan fingerprint density at radius 3 is 1.63 bits per heavy atom. The van der Waals surface area contributed by atoms with E-state index in [-0.39, 0.29) is 0 Å². The van der Waals surface area contributed by atoms with Gasteiger partial charge in [-0.3, -0.25) is 0 Å². The smallest absolute Gasteiger partial charge is 0.160 e. The highest BCUT2D eigenvalue weighted by Gasteiger charge is 2.51. The van der Waals surface area contributed by atoms with Crippen molar-refractivity contribution in [3.05, 3.63) is 204 Å². The second-order valence-electron chi connectivity index (χ2n) is 14.5. The zero-order chi connectivity index (χ0) is 35.4. The van der Waals surface area contributed by atoms with Crippen LogP contribution >= 0.6 is 0 Å². The van der Waals surface area contributed by atoms with Gasteiger partial charge in [0.15, 0.2) is 5.82 Å². The predicted octanol–water partition coefficient (Wildman–Crippen LogP) is 12.9. The molecule has 2 aromatic heterocycles. The Hall–Kier alpha value is -7.10. The number of benzene rings is 8. The highest BCUT2D eigenvalue weighted by molar-refractivity contribution is 6.10. The predicted molar refractivity (Wildman–Crippen MR) is 219 cm³/mol. The molecule has 1 spiro atoms. The van der Waals surface area contributed by atoms with Gasteiger partial charge < -0.3 is 4.42 Å². The SMILES string of the molecule is c1ccc(-c2ccc(-c3nc(-c4ccc5oc6cc7c(cc6c5c4)-c4ccccc4C74c5ccccc5-c5ccccc54)nc4ccccc34)cc2)cc1. The molecule has 2 aliphatic rings. The fraction of sp³-hybridized carbons (Fsp3) is 0.0196. The number of aromatic nitrogens is 2. The Morgan fingerprint density at radius 2 is 0.907 bits per heavy atom. The van der Waals surface area contributed by atoms with Crippen molar-refractivity contribution in [3.63, 3.8) is 0 Å². The zero-order valence-electron chi connectivity index (χ0n) is 29.1. The number of rotatable bonds is 3. The number of hydrogen-bond donors (Lipinski definition) is 0. The average molecular weight is 687 g/mol. The fourth-order valence-corrected chi connectivity index (χ4v) is 9.38. The van der Waals surface area contributed by atoms with Crippen LogP contribution in [0.5, 0.6) is 0 Å². The van der Waals surface area contributed by atoms with E-state index in [1.807, 2.05) is 12.1 Å². The summed E-state index contributed by atoms with van der Waals surface area (Å²) in [6, 6.07) is 65.2. The van der Waals surface area contributed by atoms with Gasteiger partial charge in [0.05, 0.1) is 16.6 Å². The largest absolute Gasteiger partial charge is 0.456 e. The van der Waals surface area contributed by atoms with E-state index in [1.54, 1.807) is 0 Å². The Bertz CT molecular complexity index is 3110. The molecule has 54 heavy (non-hydrogen) atoms. The molecule has 2 heterocycles. The summed E-state index contributed by atoms with van der Waals surface area (Å²) in [5.74, 6) is 0.691. The van der Waals surface area contributed by atoms with Gasteiger partial charge in [-0.1, -0.05) is 146 Å². The summed E-state index contributed by atoms with van der Waals surface area (Å²) in [6.07, 6.45) is 0. The Kier molecular flexibility index (Phi) is 5.98. The second-order valence-corrected chi connectivity index (χ2v) is 14.5. The molecule has 0 saturated carbocycles. The maximum atomic E-state index is 6.72. The molecule has 250 valence electrons. The minimum Gasteiger partial charge on any atom is -0.456 e. The van der Waals surface area contributed by atoms with Crippen molar-refractivity contribution in [2.24, 2.45) is 0 Å². The lowest BCUT2D eigenvalue weighted by Gasteiger charge is -2.30. The van der Waals surface area contributed by atoms with Gasteiger partial charge in [-0.05, 0) is 92.0 Å². The van der Waals surface area contributed by atoms with E-state index in [1.165, 1.54) is 55.6 Å². The molecule has 10 aromatic rings. The molecule has 2 aliphatic carbocycles. The molecule has 3 heteroatoms. The van der Waals surface area contributed by atoms with Gasteiger partial charge in [0.1, 0.15) is 11.2 Å². The molecule has 3 nitrogen and oxygen atoms in total. The van der Waals surface area contributed by atoms with Crippen LogP contribution in [0.15, 0.2) is 186 Å². The van der Waals surface area contributed by atoms with E-state index in [0.29, 0.717) is 5.82 Å². The summed E-state index contributed by atoms with van der Waals surface area (Å²) >= 11 is 0. The summed E-state index contributed by atoms with van der Waals surface area (Å²) < 4.78 is 6.72. The van der Waals surface area contributed by atoms with Crippen LogP contribution in [0.25, 0.3) is 88.9 Å². The molecule has 0 saturated heterocycles. The van der Waals surface area contributed by atoms with E-state index in [0.717, 1.165) is 49.7 Å². The molecule has 0 unspecified atom stereocenters. The first-order chi connectivity index (χ1) is 26.8. The third-order valence-corrected chi connectivity index (χ3v) is 11.7. The maximum absolute atomic E-state index is 6.72. The highest BCUT2D eigenvalue weighted by Crippen LogP contribution is 2.63. The van der Waals surface area contributed by atoms with Gasteiger partial charge >= 0.3 is 0 Å². The lowest BCUT2D eigenvalue weighted by Crippen LogP contribution is -2.25. The molecule has 12 rings (SSSR count). The maximum Gasteiger partial charge on any atom is 0.160 e. The van der Waals surface area contributed by atoms with Crippen molar-refractivity contribution in [2.45, 2.75) is 5.41 Å². The normalized spacial score (nSPS) is 13.3. The van der Waals surface area contributed by atoms with Crippen LogP contribution in [0.4, 0.5) is 0 Å². The highest BCUT2D eigenvalue weighted by atomic mass is 16.3. The average Bonchev–Trinajstić information content (AvgIpc) is 3.86. The first-order valence-corrected chi connectivity index (χ1v) is 18.5. The van der Waals surface area contributed by atoms with Gasteiger partial charge in [-0.15, -0.1) is 0 Å². The molecule has 0 N–H and O–H groups in total. The first kappa shape index (κ1) is 29.5. The lowest BCUT2D eigenvalue weighted by molar-refractivity contribution is 0.666. The van der Waals surface area contributed by atoms with Gasteiger partial charge in [0, 0.05) is 27.3 Å². The van der Waals surface area contributed by atoms with Crippen molar-refractivity contribution in [3.8, 4) is 56.0 Å². The first-order valence-electron chi connectivity index (χ1n) is 18.5. The number of furan rings is 1. The van der Waals surface area contributed by atoms with Crippen LogP contribution in [-0.4, -0.2) is 9.97 Å². The van der Waals surface area contributed by atoms with Gasteiger partial charge in [-0.2, -0.15) is 0 Å². The molecule has 8 aromatic carbocycles. The minimum atomic E-state index is -0.411. The Morgan fingerprint density at radius 1 is 0.352 bits per heavy atom. The van der Waals surface area contributed by atoms with Crippen molar-refractivity contribution < 1.29 is 4.42 Å². The standard InChI is InChI=1S/C51H30N2O/c1-2-12-31(13-3-1)32-22-24-33(25-23-32)49-38-17-7-11-21-46(38)52-50(53-49)34-26-27-47-40(28-34)41-29-39-37-16-6-10-20-44(37)51(45(39)30-48(41)54-47)42-18-8-4-14-35(42)36-15-5-9-19-43(36)51/h1-30H. The van der Waals surface area contributed by atoms with Crippen LogP contribution in [-0.2, 0) is 5.41 Å². The monoisotopic (exact) mass is 686 g/mol. The number of fused-ring (bicyclic) bond motifs is 14. The minimum absolute atomic E-state index is 0.411. The Balaban J connectivity index is 1.04. The van der Waals surface area contributed by atoms with Crippen LogP contribution in [0.2, 0.25) is 0 Å². The van der Waals surface area contributed by atoms with Crippen molar-refractivity contribution in [2.75, 3.05) is 0 Å². The zero-order valence-corrected chi connectivity index (χ0v) is 29.1. The molecule has 0 radical (unpaired) electrons. The van der Waals surface area contributed by atoms with E-state index < -0.39 is 5.41 Å². The van der Waals surface area contributed by atoms with Gasteiger partial charge in [-0.25, -0.2) is 9.97 Å². The molecule has 0 amide bonds. The summed E-state index contributed by atoms with van der Waals surface area (Å²) in [5, 5.41) is 3.18. The van der Waals surface area contributed by atoms with E-state index in [4.69, 9.17) is 14.4 Å². The third-order valence-electron chi connectivity index (χ3n) is 11.7. The second kappa shape index (κ2) is 11.0. The van der Waals surface area contributed by atoms with Crippen LogP contribution in [0.1, 0.15) is 22.3 Å². The van der Waals surface area contributed by atoms with Crippen molar-refractivity contribution in [1.29, 1.82) is 0 Å². The topological polar surface area (TPSA) is 38.9 Å². The summed E-state index contributed by atoms with van der Waals surface area (Å²) in [6.45, 7) is 0. The molecule has 0 fully saturated rings. The number of nitrogens with zero attached hydrogens (tertiary/aromatic N) is 2. The fourth-order valence-electron chi connectivity index (χ4n) is 9.38. The molecular formula is C51H30N2O. The van der Waals surface area contributed by atoms with Gasteiger partial charge in [0.2, 0.25) is 0 Å². The molecule has 0 aliphatic heterocycles. The van der Waals surface area contributed by atoms with E-state index in [2.05, 4.69) is 170 Å². The molecule has 0 atom stereocenters. The summed E-state index contributed by atoms with van der Waals surface area (Å²) in [4.78, 5) is 10.4. The van der Waals surface area contributed by atoms with Crippen LogP contribution in [0, 0.1) is 0 Å².